The number of nitrogens with zero attached hydrogens (tertiary/aromatic N) is 1. The van der Waals surface area contributed by atoms with Crippen LogP contribution < -0.4 is 26.9 Å². The maximum atomic E-state index is 14.1. The van der Waals surface area contributed by atoms with E-state index in [-0.39, 0.29) is 46.8 Å². The number of guanidine groups is 1. The second-order valence-corrected chi connectivity index (χ2v) is 17.5. The van der Waals surface area contributed by atoms with Crippen LogP contribution in [0.15, 0.2) is 93.1 Å². The maximum Gasteiger partial charge on any atom is 0.335 e. The average molecular weight is 861 g/mol. The Bertz CT molecular complexity index is 2820. The third-order valence-corrected chi connectivity index (χ3v) is 14.6. The molecule has 1 saturated heterocycles. The molecule has 11 rings (SSSR count). The van der Waals surface area contributed by atoms with E-state index in [0.717, 1.165) is 41.5 Å². The molecule has 1 spiro atoms. The van der Waals surface area contributed by atoms with Crippen molar-refractivity contribution >= 4 is 40.8 Å². The molecule has 0 amide bonds. The Morgan fingerprint density at radius 1 is 1.00 bits per heavy atom. The topological polar surface area (TPSA) is 301 Å². The summed E-state index contributed by atoms with van der Waals surface area (Å²) < 4.78 is 17.4. The highest BCUT2D eigenvalue weighted by Crippen LogP contribution is 2.73. The standard InChI is InChI=1S/C46H44N4O13/c1-49-38-23-8-9-28-26-16-44(11-10-21(23)26)27-5-3-2-4-19(27)12-25(37(44)45(28,38)18-51)24-13-20(52)6-7-22(24)30-14-29(53)33-31(61-30)15-32(34(54)35(33)55)62-42-40(57)46(60,17-50-43(47)48)39(56)36(63-42)41(58)59/h2-15,18,21,23,26,28,36-40,42,49,52,54-57,60H,16-17H2,1H3,(H,58,59)(H4,47,48,50)/t21-,23-,26-,28+,36-,37-,38-,39+,40-,42+,44-,45+,46-/m0/s1. The molecule has 7 aliphatic rings. The molecule has 2 heterocycles. The molecule has 5 bridgehead atoms. The van der Waals surface area contributed by atoms with Gasteiger partial charge in [-0.2, -0.15) is 0 Å². The summed E-state index contributed by atoms with van der Waals surface area (Å²) in [6.07, 6.45) is 4.11. The minimum atomic E-state index is -2.76. The number of carbonyl (C=O) groups is 2. The van der Waals surface area contributed by atoms with Gasteiger partial charge in [-0.05, 0) is 77.6 Å². The highest BCUT2D eigenvalue weighted by Gasteiger charge is 2.72. The average Bonchev–Trinajstić information content (AvgIpc) is 3.26. The van der Waals surface area contributed by atoms with E-state index in [1.165, 1.54) is 6.07 Å². The smallest absolute Gasteiger partial charge is 0.335 e. The number of aromatic hydroxyl groups is 3. The van der Waals surface area contributed by atoms with E-state index in [1.807, 2.05) is 31.3 Å². The molecule has 12 N–H and O–H groups in total. The minimum Gasteiger partial charge on any atom is -0.508 e. The molecule has 3 fully saturated rings. The maximum absolute atomic E-state index is 14.1. The van der Waals surface area contributed by atoms with Crippen molar-refractivity contribution in [1.29, 1.82) is 0 Å². The summed E-state index contributed by atoms with van der Waals surface area (Å²) in [7, 11) is 1.88. The Hall–Kier alpha value is -6.50. The summed E-state index contributed by atoms with van der Waals surface area (Å²) in [5.74, 6) is -5.20. The van der Waals surface area contributed by atoms with Crippen molar-refractivity contribution in [2.45, 2.75) is 48.1 Å². The molecule has 1 aliphatic heterocycles. The number of nitrogens with one attached hydrogen (secondary N) is 1. The summed E-state index contributed by atoms with van der Waals surface area (Å²) in [6.45, 7) is -0.893. The van der Waals surface area contributed by atoms with Crippen molar-refractivity contribution in [1.82, 2.24) is 5.32 Å². The van der Waals surface area contributed by atoms with E-state index in [1.54, 1.807) is 12.1 Å². The van der Waals surface area contributed by atoms with Crippen LogP contribution >= 0.6 is 0 Å². The van der Waals surface area contributed by atoms with E-state index in [4.69, 9.17) is 25.4 Å². The molecular weight excluding hydrogens is 817 g/mol. The predicted octanol–water partition coefficient (Wildman–Crippen LogP) is 1.69. The number of hydrogen-bond donors (Lipinski definition) is 10. The fraction of sp³-hybridized carbons (Fsp3) is 0.348. The number of carboxylic acids is 1. The number of rotatable bonds is 9. The van der Waals surface area contributed by atoms with Crippen LogP contribution in [0, 0.1) is 35.0 Å². The van der Waals surface area contributed by atoms with Crippen LogP contribution in [0.25, 0.3) is 33.9 Å². The molecule has 3 aromatic carbocycles. The summed E-state index contributed by atoms with van der Waals surface area (Å²) in [6, 6.07) is 14.5. The van der Waals surface area contributed by atoms with Crippen molar-refractivity contribution in [3.63, 3.8) is 0 Å². The van der Waals surface area contributed by atoms with Gasteiger partial charge >= 0.3 is 5.97 Å². The number of carboxylic acid groups (broad SMARTS) is 1. The molecular formula is C46H44N4O13. The van der Waals surface area contributed by atoms with Gasteiger partial charge in [0.05, 0.1) is 12.0 Å². The summed E-state index contributed by atoms with van der Waals surface area (Å²) in [5, 5.41) is 79.6. The first kappa shape index (κ1) is 40.6. The molecule has 17 nitrogen and oxygen atoms in total. The molecule has 13 atom stereocenters. The number of carbonyl (C=O) groups excluding carboxylic acids is 1. The lowest BCUT2D eigenvalue weighted by atomic mass is 9.33. The van der Waals surface area contributed by atoms with E-state index in [9.17, 15) is 50.1 Å². The number of aliphatic hydroxyl groups is 3. The highest BCUT2D eigenvalue weighted by atomic mass is 16.7. The fourth-order valence-electron chi connectivity index (χ4n) is 12.1. The zero-order chi connectivity index (χ0) is 44.5. The van der Waals surface area contributed by atoms with Crippen molar-refractivity contribution < 1.29 is 59.2 Å². The molecule has 17 heteroatoms. The van der Waals surface area contributed by atoms with E-state index < -0.39 is 93.5 Å². The first-order chi connectivity index (χ1) is 30.1. The van der Waals surface area contributed by atoms with E-state index >= 15 is 0 Å². The lowest BCUT2D eigenvalue weighted by Crippen LogP contribution is -2.73. The molecule has 63 heavy (non-hydrogen) atoms. The van der Waals surface area contributed by atoms with Gasteiger partial charge in [0, 0.05) is 35.1 Å². The summed E-state index contributed by atoms with van der Waals surface area (Å²) in [5.41, 5.74) is 8.90. The van der Waals surface area contributed by atoms with Crippen molar-refractivity contribution in [3.8, 4) is 34.3 Å². The van der Waals surface area contributed by atoms with Crippen LogP contribution in [-0.4, -0.2) is 104 Å². The fourth-order valence-corrected chi connectivity index (χ4v) is 12.1. The largest absolute Gasteiger partial charge is 0.508 e. The zero-order valence-corrected chi connectivity index (χ0v) is 33.5. The van der Waals surface area contributed by atoms with Crippen LogP contribution in [0.5, 0.6) is 23.0 Å². The van der Waals surface area contributed by atoms with Crippen LogP contribution in [-0.2, 0) is 19.7 Å². The quantitative estimate of drug-likeness (QED) is 0.0377. The number of aliphatic carboxylic acids is 1. The molecule has 2 saturated carbocycles. The van der Waals surface area contributed by atoms with Gasteiger partial charge in [0.25, 0.3) is 0 Å². The van der Waals surface area contributed by atoms with Gasteiger partial charge in [-0.3, -0.25) is 9.79 Å². The number of hydrogen-bond acceptors (Lipinski definition) is 14. The molecule has 326 valence electrons. The zero-order valence-electron chi connectivity index (χ0n) is 33.5. The second-order valence-electron chi connectivity index (χ2n) is 17.5. The number of phenols is 3. The molecule has 1 aromatic heterocycles. The Balaban J connectivity index is 1.13. The van der Waals surface area contributed by atoms with Gasteiger partial charge in [0.2, 0.25) is 12.0 Å². The predicted molar refractivity (Wildman–Crippen MR) is 225 cm³/mol. The number of fused-ring (bicyclic) bond motifs is 2. The summed E-state index contributed by atoms with van der Waals surface area (Å²) in [4.78, 5) is 43.8. The number of ether oxygens (including phenoxy) is 2. The number of benzene rings is 3. The number of nitrogens with two attached hydrogens (primary N) is 2. The number of aldehydes is 1. The number of allylic oxidation sites excluding steroid dienone is 4. The Kier molecular flexibility index (Phi) is 9.02. The van der Waals surface area contributed by atoms with Gasteiger partial charge in [0.15, 0.2) is 29.0 Å². The van der Waals surface area contributed by atoms with Crippen LogP contribution in [0.4, 0.5) is 0 Å². The third kappa shape index (κ3) is 5.46. The van der Waals surface area contributed by atoms with Crippen LogP contribution in [0.1, 0.15) is 23.1 Å². The molecule has 0 radical (unpaired) electrons. The van der Waals surface area contributed by atoms with Crippen LogP contribution in [0.2, 0.25) is 0 Å². The van der Waals surface area contributed by atoms with Gasteiger partial charge < -0.3 is 71.2 Å². The van der Waals surface area contributed by atoms with Crippen LogP contribution in [0.3, 0.4) is 0 Å². The Labute approximate surface area is 357 Å². The first-order valence-electron chi connectivity index (χ1n) is 20.5. The SMILES string of the molecule is CN[C@H]1[C@H]2C=C[C@@H]3[C@H]4C[C@@]5(C=C[C@@H]24)c2ccccc2C=C(c2cc(O)ccc2-c2cc(=O)c4c(O)c(O)c(O[C@@H]6O[C@H](C(=O)O)[C@@H](O)[C@@](O)(CN=C(N)N)[C@H]6O)cc4o2)[C@@H]5[C@@]31C=O. The molecule has 4 aromatic rings. The monoisotopic (exact) mass is 860 g/mol. The number of phenolic OH excluding ortho intramolecular Hbond substituents is 3. The highest BCUT2D eigenvalue weighted by molar-refractivity contribution is 5.97. The second kappa shape index (κ2) is 14.0. The van der Waals surface area contributed by atoms with Crippen molar-refractivity contribution in [2.24, 2.45) is 51.5 Å². The first-order valence-corrected chi connectivity index (χ1v) is 20.5. The Morgan fingerprint density at radius 2 is 1.78 bits per heavy atom. The normalized spacial score (nSPS) is 35.4. The molecule has 6 aliphatic carbocycles. The van der Waals surface area contributed by atoms with Gasteiger partial charge in [-0.25, -0.2) is 4.79 Å². The minimum absolute atomic E-state index is 0.0368. The van der Waals surface area contributed by atoms with Gasteiger partial charge in [-0.1, -0.05) is 54.6 Å². The van der Waals surface area contributed by atoms with Crippen molar-refractivity contribution in [2.75, 3.05) is 13.6 Å². The Morgan fingerprint density at radius 3 is 2.51 bits per heavy atom. The third-order valence-electron chi connectivity index (χ3n) is 14.6. The van der Waals surface area contributed by atoms with E-state index in [2.05, 4.69) is 40.7 Å². The number of aliphatic hydroxyl groups excluding tert-OH is 2. The summed E-state index contributed by atoms with van der Waals surface area (Å²) >= 11 is 0. The van der Waals surface area contributed by atoms with Crippen molar-refractivity contribution in [3.05, 3.63) is 106 Å². The van der Waals surface area contributed by atoms with Gasteiger partial charge in [-0.15, -0.1) is 0 Å². The lowest BCUT2D eigenvalue weighted by Gasteiger charge is -2.71. The number of aliphatic imine (C=N–C) groups is 1. The van der Waals surface area contributed by atoms with Gasteiger partial charge in [0.1, 0.15) is 46.6 Å². The molecule has 0 unspecified atom stereocenters. The van der Waals surface area contributed by atoms with E-state index in [0.29, 0.717) is 11.1 Å². The lowest BCUT2D eigenvalue weighted by molar-refractivity contribution is -0.303.